The first-order valence-corrected chi connectivity index (χ1v) is 40.7. The second-order valence-electron chi connectivity index (χ2n) is 28.5. The van der Waals surface area contributed by atoms with Gasteiger partial charge in [0.15, 0.2) is 6.10 Å². The number of rotatable bonds is 75. The molecule has 0 aliphatic heterocycles. The topological polar surface area (TPSA) is 111 Å². The second kappa shape index (κ2) is 69.4. The summed E-state index contributed by atoms with van der Waals surface area (Å²) in [4.78, 5) is 38.1. The molecule has 87 heavy (non-hydrogen) atoms. The maximum Gasteiger partial charge on any atom is 0.306 e. The number of quaternary nitrogens is 1. The maximum absolute atomic E-state index is 12.9. The molecule has 0 amide bonds. The fraction of sp³-hybridized carbons (Fsp3) is 0.974. The molecule has 0 N–H and O–H groups in total. The molecule has 0 radical (unpaired) electrons. The highest BCUT2D eigenvalue weighted by Crippen LogP contribution is 2.38. The van der Waals surface area contributed by atoms with E-state index in [4.69, 9.17) is 18.5 Å². The zero-order valence-corrected chi connectivity index (χ0v) is 60.4. The van der Waals surface area contributed by atoms with Crippen molar-refractivity contribution in [1.29, 1.82) is 0 Å². The molecule has 0 aromatic carbocycles. The minimum absolute atomic E-state index is 0.0247. The van der Waals surface area contributed by atoms with E-state index in [1.54, 1.807) is 0 Å². The van der Waals surface area contributed by atoms with E-state index in [1.807, 2.05) is 21.1 Å². The number of unbranched alkanes of at least 4 members (excludes halogenated alkanes) is 61. The summed E-state index contributed by atoms with van der Waals surface area (Å²) in [7, 11) is 1.20. The van der Waals surface area contributed by atoms with Crippen molar-refractivity contribution in [3.63, 3.8) is 0 Å². The molecule has 0 fully saturated rings. The molecule has 9 nitrogen and oxygen atoms in total. The van der Waals surface area contributed by atoms with Crippen LogP contribution >= 0.6 is 7.82 Å². The van der Waals surface area contributed by atoms with Crippen LogP contribution in [0.1, 0.15) is 431 Å². The van der Waals surface area contributed by atoms with Crippen LogP contribution in [0.25, 0.3) is 0 Å². The van der Waals surface area contributed by atoms with Crippen molar-refractivity contribution in [2.24, 2.45) is 0 Å². The van der Waals surface area contributed by atoms with Crippen LogP contribution in [-0.4, -0.2) is 70.0 Å². The van der Waals surface area contributed by atoms with Gasteiger partial charge in [-0.3, -0.25) is 14.2 Å². The van der Waals surface area contributed by atoms with Gasteiger partial charge >= 0.3 is 11.9 Å². The molecule has 0 rings (SSSR count). The zero-order chi connectivity index (χ0) is 63.4. The standard InChI is InChI=1S/C77H154NO8P/c1-6-8-10-12-14-16-18-20-22-24-26-28-30-32-33-34-35-36-37-38-39-40-41-42-43-44-45-46-48-50-52-54-56-58-60-62-64-66-68-70-77(80)86-75(74-85-87(81,82)84-72-71-78(3,4)5)73-83-76(79)69-67-65-63-61-59-57-55-53-51-49-47-31-29-27-25-23-21-19-17-15-13-11-9-7-2/h75H,6-74H2,1-5H3. The predicted molar refractivity (Wildman–Crippen MR) is 375 cm³/mol. The Morgan fingerprint density at radius 1 is 0.310 bits per heavy atom. The van der Waals surface area contributed by atoms with Crippen LogP contribution in [0.4, 0.5) is 0 Å². The molecule has 0 aliphatic rings. The Kier molecular flexibility index (Phi) is 68.6. The summed E-state index contributed by atoms with van der Waals surface area (Å²) >= 11 is 0. The third-order valence-corrected chi connectivity index (χ3v) is 19.3. The van der Waals surface area contributed by atoms with E-state index in [9.17, 15) is 19.0 Å². The Balaban J connectivity index is 3.86. The van der Waals surface area contributed by atoms with Crippen LogP contribution in [0.3, 0.4) is 0 Å². The quantitative estimate of drug-likeness (QED) is 0.0256. The molecular formula is C77H154NO8P. The molecule has 2 unspecified atom stereocenters. The average Bonchev–Trinajstić information content (AvgIpc) is 3.68. The molecule has 0 bridgehead atoms. The predicted octanol–water partition coefficient (Wildman–Crippen LogP) is 25.0. The zero-order valence-electron chi connectivity index (χ0n) is 59.5. The van der Waals surface area contributed by atoms with Crippen LogP contribution < -0.4 is 4.89 Å². The highest BCUT2D eigenvalue weighted by atomic mass is 31.2. The maximum atomic E-state index is 12.9. The summed E-state index contributed by atoms with van der Waals surface area (Å²) in [5.74, 6) is -0.802. The molecule has 0 saturated carbocycles. The summed E-state index contributed by atoms with van der Waals surface area (Å²) in [5, 5.41) is 0. The molecular weight excluding hydrogens is 1100 g/mol. The first-order chi connectivity index (χ1) is 42.5. The summed E-state index contributed by atoms with van der Waals surface area (Å²) in [6.07, 6.45) is 85.2. The number of nitrogens with zero attached hydrogens (tertiary/aromatic N) is 1. The van der Waals surface area contributed by atoms with Gasteiger partial charge in [0.1, 0.15) is 19.8 Å². The number of carbonyl (C=O) groups excluding carboxylic acids is 2. The molecule has 0 heterocycles. The molecule has 0 aliphatic carbocycles. The molecule has 0 aromatic heterocycles. The van der Waals surface area contributed by atoms with Gasteiger partial charge in [-0.1, -0.05) is 406 Å². The van der Waals surface area contributed by atoms with Gasteiger partial charge in [-0.25, -0.2) is 0 Å². The third-order valence-electron chi connectivity index (χ3n) is 18.4. The summed E-state index contributed by atoms with van der Waals surface area (Å²) in [6.45, 7) is 4.35. The Hall–Kier alpha value is -0.990. The van der Waals surface area contributed by atoms with Crippen molar-refractivity contribution in [3.8, 4) is 0 Å². The van der Waals surface area contributed by atoms with Crippen LogP contribution in [0.2, 0.25) is 0 Å². The van der Waals surface area contributed by atoms with Gasteiger partial charge in [-0.15, -0.1) is 0 Å². The Morgan fingerprint density at radius 3 is 0.736 bits per heavy atom. The van der Waals surface area contributed by atoms with E-state index < -0.39 is 26.5 Å². The first kappa shape index (κ1) is 86.0. The van der Waals surface area contributed by atoms with Gasteiger partial charge in [0.25, 0.3) is 7.82 Å². The largest absolute Gasteiger partial charge is 0.756 e. The normalized spacial score (nSPS) is 12.9. The number of hydrogen-bond acceptors (Lipinski definition) is 8. The molecule has 520 valence electrons. The van der Waals surface area contributed by atoms with Crippen LogP contribution in [-0.2, 0) is 32.7 Å². The number of ether oxygens (including phenoxy) is 2. The van der Waals surface area contributed by atoms with Gasteiger partial charge in [-0.05, 0) is 12.8 Å². The van der Waals surface area contributed by atoms with E-state index in [1.165, 1.54) is 366 Å². The number of hydrogen-bond donors (Lipinski definition) is 0. The van der Waals surface area contributed by atoms with E-state index in [2.05, 4.69) is 13.8 Å². The molecule has 0 saturated heterocycles. The first-order valence-electron chi connectivity index (χ1n) is 39.2. The van der Waals surface area contributed by atoms with Crippen LogP contribution in [0, 0.1) is 0 Å². The van der Waals surface area contributed by atoms with Crippen molar-refractivity contribution >= 4 is 19.8 Å². The summed E-state index contributed by atoms with van der Waals surface area (Å²) in [5.41, 5.74) is 0. The Bertz CT molecular complexity index is 1420. The summed E-state index contributed by atoms with van der Waals surface area (Å²) < 4.78 is 34.4. The van der Waals surface area contributed by atoms with E-state index in [-0.39, 0.29) is 32.0 Å². The minimum atomic E-state index is -4.64. The minimum Gasteiger partial charge on any atom is -0.756 e. The van der Waals surface area contributed by atoms with Gasteiger partial charge in [0.05, 0.1) is 27.7 Å². The lowest BCUT2D eigenvalue weighted by atomic mass is 10.0. The van der Waals surface area contributed by atoms with Crippen LogP contribution in [0.5, 0.6) is 0 Å². The highest BCUT2D eigenvalue weighted by Gasteiger charge is 2.22. The Labute approximate surface area is 544 Å². The smallest absolute Gasteiger partial charge is 0.306 e. The van der Waals surface area contributed by atoms with Gasteiger partial charge in [0, 0.05) is 12.8 Å². The number of phosphoric ester groups is 1. The van der Waals surface area contributed by atoms with E-state index in [0.29, 0.717) is 17.4 Å². The van der Waals surface area contributed by atoms with E-state index in [0.717, 1.165) is 32.1 Å². The van der Waals surface area contributed by atoms with Crippen LogP contribution in [0.15, 0.2) is 0 Å². The fourth-order valence-corrected chi connectivity index (χ4v) is 13.1. The van der Waals surface area contributed by atoms with Crippen molar-refractivity contribution < 1.29 is 42.1 Å². The van der Waals surface area contributed by atoms with Gasteiger partial charge < -0.3 is 27.9 Å². The number of likely N-dealkylation sites (N-methyl/N-ethyl adjacent to an activating group) is 1. The lowest BCUT2D eigenvalue weighted by Crippen LogP contribution is -2.37. The van der Waals surface area contributed by atoms with Gasteiger partial charge in [-0.2, -0.15) is 0 Å². The number of esters is 2. The Morgan fingerprint density at radius 2 is 0.517 bits per heavy atom. The SMILES string of the molecule is CCCCCCCCCCCCCCCCCCCCCCCCCCCCCCCCCCCCCCCCCC(=O)OC(COC(=O)CCCCCCCCCCCCCCCCCCCCCCCCCC)COP(=O)([O-])OCC[N+](C)(C)C. The van der Waals surface area contributed by atoms with Crippen molar-refractivity contribution in [1.82, 2.24) is 0 Å². The molecule has 0 spiro atoms. The molecule has 0 aromatic rings. The van der Waals surface area contributed by atoms with Gasteiger partial charge in [0.2, 0.25) is 0 Å². The average molecular weight is 1250 g/mol. The fourth-order valence-electron chi connectivity index (χ4n) is 12.4. The van der Waals surface area contributed by atoms with Crippen molar-refractivity contribution in [2.45, 2.75) is 437 Å². The lowest BCUT2D eigenvalue weighted by Gasteiger charge is -2.28. The molecule has 10 heteroatoms. The number of phosphoric acid groups is 1. The lowest BCUT2D eigenvalue weighted by molar-refractivity contribution is -0.870. The number of carbonyl (C=O) groups is 2. The van der Waals surface area contributed by atoms with Crippen molar-refractivity contribution in [3.05, 3.63) is 0 Å². The summed E-state index contributed by atoms with van der Waals surface area (Å²) in [6, 6.07) is 0. The third kappa shape index (κ3) is 73.9. The second-order valence-corrected chi connectivity index (χ2v) is 29.9. The molecule has 2 atom stereocenters. The van der Waals surface area contributed by atoms with E-state index >= 15 is 0 Å². The van der Waals surface area contributed by atoms with Crippen molar-refractivity contribution in [2.75, 3.05) is 47.5 Å². The highest BCUT2D eigenvalue weighted by molar-refractivity contribution is 7.45. The monoisotopic (exact) mass is 1250 g/mol.